The van der Waals surface area contributed by atoms with Crippen molar-refractivity contribution >= 4 is 0 Å². The van der Waals surface area contributed by atoms with Crippen molar-refractivity contribution in [2.75, 3.05) is 13.2 Å². The van der Waals surface area contributed by atoms with E-state index in [-0.39, 0.29) is 0 Å². The molecule has 0 heterocycles. The zero-order valence-electron chi connectivity index (χ0n) is 10.6. The fourth-order valence-corrected chi connectivity index (χ4v) is 1.52. The van der Waals surface area contributed by atoms with E-state index in [2.05, 4.69) is 26.0 Å². The van der Waals surface area contributed by atoms with Crippen molar-refractivity contribution in [1.29, 1.82) is 0 Å². The van der Waals surface area contributed by atoms with Crippen LogP contribution in [0.4, 0.5) is 0 Å². The Hall–Kier alpha value is -0.300. The molecule has 0 bridgehead atoms. The SMILES string of the molecule is CCCC/C=C\CCCCCCOCC. The van der Waals surface area contributed by atoms with Crippen molar-refractivity contribution in [1.82, 2.24) is 0 Å². The second-order valence-electron chi connectivity index (χ2n) is 4.01. The van der Waals surface area contributed by atoms with Gasteiger partial charge in [0.25, 0.3) is 0 Å². The normalized spacial score (nSPS) is 11.3. The van der Waals surface area contributed by atoms with E-state index in [1.54, 1.807) is 0 Å². The summed E-state index contributed by atoms with van der Waals surface area (Å²) < 4.78 is 5.29. The van der Waals surface area contributed by atoms with Gasteiger partial charge in [-0.05, 0) is 32.6 Å². The fraction of sp³-hybridized carbons (Fsp3) is 0.857. The highest BCUT2D eigenvalue weighted by Crippen LogP contribution is 2.05. The van der Waals surface area contributed by atoms with E-state index < -0.39 is 0 Å². The summed E-state index contributed by atoms with van der Waals surface area (Å²) in [6.07, 6.45) is 15.1. The quantitative estimate of drug-likeness (QED) is 0.356. The molecule has 0 fully saturated rings. The van der Waals surface area contributed by atoms with Gasteiger partial charge in [-0.2, -0.15) is 0 Å². The number of rotatable bonds is 11. The van der Waals surface area contributed by atoms with Gasteiger partial charge in [-0.1, -0.05) is 44.8 Å². The van der Waals surface area contributed by atoms with Gasteiger partial charge < -0.3 is 4.74 Å². The zero-order chi connectivity index (χ0) is 11.2. The summed E-state index contributed by atoms with van der Waals surface area (Å²) in [6, 6.07) is 0. The molecule has 0 aromatic carbocycles. The van der Waals surface area contributed by atoms with E-state index in [0.29, 0.717) is 0 Å². The Morgan fingerprint density at radius 3 is 2.13 bits per heavy atom. The number of allylic oxidation sites excluding steroid dienone is 2. The van der Waals surface area contributed by atoms with Crippen LogP contribution in [0.3, 0.4) is 0 Å². The molecule has 0 aliphatic heterocycles. The van der Waals surface area contributed by atoms with Crippen molar-refractivity contribution in [2.45, 2.75) is 65.2 Å². The number of ether oxygens (including phenoxy) is 1. The first-order chi connectivity index (χ1) is 7.41. The molecule has 0 rings (SSSR count). The van der Waals surface area contributed by atoms with Gasteiger partial charge >= 0.3 is 0 Å². The molecule has 0 aromatic heterocycles. The standard InChI is InChI=1S/C14H28O/c1-3-5-6-7-8-9-10-11-12-13-14-15-4-2/h7-8H,3-6,9-14H2,1-2H3/b8-7-. The van der Waals surface area contributed by atoms with E-state index in [0.717, 1.165) is 13.2 Å². The summed E-state index contributed by atoms with van der Waals surface area (Å²) in [5, 5.41) is 0. The van der Waals surface area contributed by atoms with Crippen LogP contribution in [0, 0.1) is 0 Å². The number of unbranched alkanes of at least 4 members (excludes halogenated alkanes) is 6. The molecule has 0 N–H and O–H groups in total. The van der Waals surface area contributed by atoms with Crippen LogP contribution in [-0.4, -0.2) is 13.2 Å². The van der Waals surface area contributed by atoms with Gasteiger partial charge in [0.1, 0.15) is 0 Å². The first-order valence-electron chi connectivity index (χ1n) is 6.64. The van der Waals surface area contributed by atoms with Gasteiger partial charge in [-0.3, -0.25) is 0 Å². The lowest BCUT2D eigenvalue weighted by Gasteiger charge is -2.00. The van der Waals surface area contributed by atoms with Gasteiger partial charge in [0.05, 0.1) is 0 Å². The van der Waals surface area contributed by atoms with Crippen LogP contribution in [0.5, 0.6) is 0 Å². The Morgan fingerprint density at radius 2 is 1.47 bits per heavy atom. The van der Waals surface area contributed by atoms with E-state index in [1.807, 2.05) is 0 Å². The molecule has 0 saturated heterocycles. The van der Waals surface area contributed by atoms with Crippen molar-refractivity contribution in [2.24, 2.45) is 0 Å². The van der Waals surface area contributed by atoms with Gasteiger partial charge in [0.15, 0.2) is 0 Å². The second kappa shape index (κ2) is 13.7. The molecule has 0 radical (unpaired) electrons. The summed E-state index contributed by atoms with van der Waals surface area (Å²) in [7, 11) is 0. The summed E-state index contributed by atoms with van der Waals surface area (Å²) in [4.78, 5) is 0. The van der Waals surface area contributed by atoms with Crippen LogP contribution in [0.25, 0.3) is 0 Å². The Morgan fingerprint density at radius 1 is 0.800 bits per heavy atom. The first kappa shape index (κ1) is 14.7. The predicted molar refractivity (Wildman–Crippen MR) is 68.2 cm³/mol. The maximum absolute atomic E-state index is 5.29. The number of hydrogen-bond acceptors (Lipinski definition) is 1. The van der Waals surface area contributed by atoms with Crippen LogP contribution < -0.4 is 0 Å². The molecule has 0 amide bonds. The third kappa shape index (κ3) is 13.7. The molecule has 90 valence electrons. The minimum Gasteiger partial charge on any atom is -0.382 e. The highest BCUT2D eigenvalue weighted by molar-refractivity contribution is 4.80. The van der Waals surface area contributed by atoms with Crippen molar-refractivity contribution < 1.29 is 4.74 Å². The summed E-state index contributed by atoms with van der Waals surface area (Å²) in [5.41, 5.74) is 0. The topological polar surface area (TPSA) is 9.23 Å². The monoisotopic (exact) mass is 212 g/mol. The highest BCUT2D eigenvalue weighted by Gasteiger charge is 1.88. The number of hydrogen-bond donors (Lipinski definition) is 0. The van der Waals surface area contributed by atoms with Crippen molar-refractivity contribution in [3.8, 4) is 0 Å². The first-order valence-corrected chi connectivity index (χ1v) is 6.64. The van der Waals surface area contributed by atoms with Crippen LogP contribution in [-0.2, 0) is 4.74 Å². The molecule has 15 heavy (non-hydrogen) atoms. The molecular formula is C14H28O. The smallest absolute Gasteiger partial charge is 0.0465 e. The molecule has 0 saturated carbocycles. The average Bonchev–Trinajstić information content (AvgIpc) is 2.26. The summed E-state index contributed by atoms with van der Waals surface area (Å²) >= 11 is 0. The molecule has 0 aromatic rings. The molecule has 0 aliphatic rings. The van der Waals surface area contributed by atoms with Crippen LogP contribution in [0.15, 0.2) is 12.2 Å². The lowest BCUT2D eigenvalue weighted by atomic mass is 10.1. The Bertz CT molecular complexity index is 129. The second-order valence-corrected chi connectivity index (χ2v) is 4.01. The lowest BCUT2D eigenvalue weighted by Crippen LogP contribution is -1.92. The Kier molecular flexibility index (Phi) is 13.4. The maximum atomic E-state index is 5.29. The van der Waals surface area contributed by atoms with Crippen molar-refractivity contribution in [3.05, 3.63) is 12.2 Å². The predicted octanol–water partition coefficient (Wildman–Crippen LogP) is 4.72. The van der Waals surface area contributed by atoms with Crippen molar-refractivity contribution in [3.63, 3.8) is 0 Å². The third-order valence-electron chi connectivity index (χ3n) is 2.50. The average molecular weight is 212 g/mol. The van der Waals surface area contributed by atoms with E-state index in [1.165, 1.54) is 51.4 Å². The largest absolute Gasteiger partial charge is 0.382 e. The molecular weight excluding hydrogens is 184 g/mol. The third-order valence-corrected chi connectivity index (χ3v) is 2.50. The molecule has 0 atom stereocenters. The Balaban J connectivity index is 2.95. The summed E-state index contributed by atoms with van der Waals surface area (Å²) in [5.74, 6) is 0. The lowest BCUT2D eigenvalue weighted by molar-refractivity contribution is 0.143. The van der Waals surface area contributed by atoms with Crippen LogP contribution >= 0.6 is 0 Å². The van der Waals surface area contributed by atoms with Gasteiger partial charge in [0.2, 0.25) is 0 Å². The fourth-order valence-electron chi connectivity index (χ4n) is 1.52. The highest BCUT2D eigenvalue weighted by atomic mass is 16.5. The maximum Gasteiger partial charge on any atom is 0.0465 e. The minimum atomic E-state index is 0.861. The molecule has 0 spiro atoms. The molecule has 0 unspecified atom stereocenters. The van der Waals surface area contributed by atoms with Gasteiger partial charge in [-0.15, -0.1) is 0 Å². The van der Waals surface area contributed by atoms with Gasteiger partial charge in [-0.25, -0.2) is 0 Å². The van der Waals surface area contributed by atoms with Gasteiger partial charge in [0, 0.05) is 13.2 Å². The minimum absolute atomic E-state index is 0.861. The van der Waals surface area contributed by atoms with Crippen LogP contribution in [0.1, 0.15) is 65.2 Å². The molecule has 1 heteroatoms. The van der Waals surface area contributed by atoms with E-state index in [9.17, 15) is 0 Å². The van der Waals surface area contributed by atoms with Crippen LogP contribution in [0.2, 0.25) is 0 Å². The van der Waals surface area contributed by atoms with E-state index in [4.69, 9.17) is 4.74 Å². The molecule has 1 nitrogen and oxygen atoms in total. The van der Waals surface area contributed by atoms with E-state index >= 15 is 0 Å². The Labute approximate surface area is 95.9 Å². The molecule has 0 aliphatic carbocycles. The summed E-state index contributed by atoms with van der Waals surface area (Å²) in [6.45, 7) is 6.11. The zero-order valence-corrected chi connectivity index (χ0v) is 10.6.